The van der Waals surface area contributed by atoms with Crippen LogP contribution in [0.1, 0.15) is 26.2 Å². The van der Waals surface area contributed by atoms with Gasteiger partial charge in [-0.15, -0.1) is 0 Å². The number of hydrogen-bond donors (Lipinski definition) is 2. The number of rotatable bonds is 5. The highest BCUT2D eigenvalue weighted by atomic mass is 19.1. The highest BCUT2D eigenvalue weighted by molar-refractivity contribution is 6.39. The van der Waals surface area contributed by atoms with Crippen molar-refractivity contribution in [3.05, 3.63) is 29.8 Å². The minimum atomic E-state index is -0.967. The lowest BCUT2D eigenvalue weighted by Crippen LogP contribution is -2.41. The topological polar surface area (TPSA) is 61.4 Å². The zero-order chi connectivity index (χ0) is 17.5. The van der Waals surface area contributed by atoms with E-state index in [1.165, 1.54) is 19.3 Å². The lowest BCUT2D eigenvalue weighted by Gasteiger charge is -2.29. The minimum absolute atomic E-state index is 0.211. The molecule has 1 aromatic carbocycles. The molecule has 0 aliphatic carbocycles. The quantitative estimate of drug-likeness (QED) is 0.808. The summed E-state index contributed by atoms with van der Waals surface area (Å²) in [5.74, 6) is -3.26. The van der Waals surface area contributed by atoms with Crippen molar-refractivity contribution in [3.63, 3.8) is 0 Å². The van der Waals surface area contributed by atoms with E-state index in [2.05, 4.69) is 15.5 Å². The van der Waals surface area contributed by atoms with Crippen LogP contribution in [0.15, 0.2) is 18.2 Å². The molecule has 1 aromatic rings. The maximum atomic E-state index is 13.5. The summed E-state index contributed by atoms with van der Waals surface area (Å²) in [5, 5.41) is 4.69. The number of anilines is 1. The Hall–Kier alpha value is -2.02. The SMILES string of the molecule is CC(CNC(=O)C(=O)Nc1ccc(F)cc1F)CN1CCCCC1. The van der Waals surface area contributed by atoms with Gasteiger partial charge in [-0.05, 0) is 44.0 Å². The van der Waals surface area contributed by atoms with Gasteiger partial charge in [-0.3, -0.25) is 9.59 Å². The van der Waals surface area contributed by atoms with Crippen molar-refractivity contribution in [2.24, 2.45) is 5.92 Å². The summed E-state index contributed by atoms with van der Waals surface area (Å²) in [6.07, 6.45) is 3.66. The predicted octanol–water partition coefficient (Wildman–Crippen LogP) is 2.14. The van der Waals surface area contributed by atoms with E-state index in [4.69, 9.17) is 0 Å². The van der Waals surface area contributed by atoms with E-state index >= 15 is 0 Å². The first-order chi connectivity index (χ1) is 11.5. The maximum Gasteiger partial charge on any atom is 0.313 e. The summed E-state index contributed by atoms with van der Waals surface area (Å²) in [7, 11) is 0. The second kappa shape index (κ2) is 8.73. The van der Waals surface area contributed by atoms with E-state index in [0.29, 0.717) is 12.6 Å². The number of nitrogens with one attached hydrogen (secondary N) is 2. The Labute approximate surface area is 140 Å². The second-order valence-corrected chi connectivity index (χ2v) is 6.25. The van der Waals surface area contributed by atoms with Crippen molar-refractivity contribution < 1.29 is 18.4 Å². The van der Waals surface area contributed by atoms with E-state index in [0.717, 1.165) is 31.8 Å². The Bertz CT molecular complexity index is 589. The van der Waals surface area contributed by atoms with Crippen LogP contribution in [0.3, 0.4) is 0 Å². The molecule has 132 valence electrons. The molecule has 0 radical (unpaired) electrons. The Balaban J connectivity index is 1.75. The molecule has 1 heterocycles. The maximum absolute atomic E-state index is 13.5. The molecule has 1 aliphatic rings. The number of halogens is 2. The van der Waals surface area contributed by atoms with Gasteiger partial charge < -0.3 is 15.5 Å². The first-order valence-electron chi connectivity index (χ1n) is 8.22. The van der Waals surface area contributed by atoms with Gasteiger partial charge >= 0.3 is 11.8 Å². The largest absolute Gasteiger partial charge is 0.348 e. The third-order valence-corrected chi connectivity index (χ3v) is 4.02. The average molecular weight is 339 g/mol. The molecule has 1 fully saturated rings. The summed E-state index contributed by atoms with van der Waals surface area (Å²) in [6.45, 7) is 5.39. The van der Waals surface area contributed by atoms with Gasteiger partial charge in [0.25, 0.3) is 0 Å². The van der Waals surface area contributed by atoms with Crippen molar-refractivity contribution in [3.8, 4) is 0 Å². The summed E-state index contributed by atoms with van der Waals surface area (Å²) in [6, 6.07) is 2.74. The summed E-state index contributed by atoms with van der Waals surface area (Å²) in [5.41, 5.74) is -0.224. The van der Waals surface area contributed by atoms with E-state index in [-0.39, 0.29) is 11.6 Å². The number of carbonyl (C=O) groups excluding carboxylic acids is 2. The van der Waals surface area contributed by atoms with Crippen LogP contribution >= 0.6 is 0 Å². The standard InChI is InChI=1S/C17H23F2N3O2/c1-12(11-22-7-3-2-4-8-22)10-20-16(23)17(24)21-15-6-5-13(18)9-14(15)19/h5-6,9,12H,2-4,7-8,10-11H2,1H3,(H,20,23)(H,21,24). The molecule has 2 rings (SSSR count). The van der Waals surface area contributed by atoms with Crippen molar-refractivity contribution in [1.29, 1.82) is 0 Å². The molecular weight excluding hydrogens is 316 g/mol. The Morgan fingerprint density at radius 3 is 2.54 bits per heavy atom. The smallest absolute Gasteiger partial charge is 0.313 e. The van der Waals surface area contributed by atoms with Crippen molar-refractivity contribution in [1.82, 2.24) is 10.2 Å². The van der Waals surface area contributed by atoms with Crippen molar-refractivity contribution in [2.75, 3.05) is 31.5 Å². The van der Waals surface area contributed by atoms with Crippen LogP contribution in [-0.4, -0.2) is 42.9 Å². The number of amides is 2. The van der Waals surface area contributed by atoms with Crippen LogP contribution in [0, 0.1) is 17.6 Å². The summed E-state index contributed by atoms with van der Waals surface area (Å²) >= 11 is 0. The van der Waals surface area contributed by atoms with Crippen LogP contribution in [0.2, 0.25) is 0 Å². The van der Waals surface area contributed by atoms with Crippen LogP contribution in [-0.2, 0) is 9.59 Å². The summed E-state index contributed by atoms with van der Waals surface area (Å²) in [4.78, 5) is 25.9. The molecule has 1 atom stereocenters. The van der Waals surface area contributed by atoms with Crippen LogP contribution in [0.25, 0.3) is 0 Å². The Kier molecular flexibility index (Phi) is 6.66. The number of hydrogen-bond acceptors (Lipinski definition) is 3. The molecule has 1 aliphatic heterocycles. The number of carbonyl (C=O) groups is 2. The summed E-state index contributed by atoms with van der Waals surface area (Å²) < 4.78 is 26.3. The molecule has 0 saturated carbocycles. The van der Waals surface area contributed by atoms with Gasteiger partial charge in [0.15, 0.2) is 0 Å². The molecule has 0 aromatic heterocycles. The molecule has 7 heteroatoms. The molecule has 0 bridgehead atoms. The van der Waals surface area contributed by atoms with Gasteiger partial charge in [-0.2, -0.15) is 0 Å². The van der Waals surface area contributed by atoms with Gasteiger partial charge in [-0.1, -0.05) is 13.3 Å². The van der Waals surface area contributed by atoms with Crippen LogP contribution in [0.5, 0.6) is 0 Å². The van der Waals surface area contributed by atoms with E-state index in [1.807, 2.05) is 6.92 Å². The molecule has 1 saturated heterocycles. The zero-order valence-electron chi connectivity index (χ0n) is 13.8. The molecule has 1 unspecified atom stereocenters. The highest BCUT2D eigenvalue weighted by Crippen LogP contribution is 2.14. The Morgan fingerprint density at radius 2 is 1.88 bits per heavy atom. The zero-order valence-corrected chi connectivity index (χ0v) is 13.8. The Morgan fingerprint density at radius 1 is 1.17 bits per heavy atom. The fourth-order valence-corrected chi connectivity index (χ4v) is 2.76. The second-order valence-electron chi connectivity index (χ2n) is 6.25. The van der Waals surface area contributed by atoms with Crippen molar-refractivity contribution >= 4 is 17.5 Å². The third-order valence-electron chi connectivity index (χ3n) is 4.02. The van der Waals surface area contributed by atoms with E-state index in [9.17, 15) is 18.4 Å². The van der Waals surface area contributed by atoms with Crippen LogP contribution < -0.4 is 10.6 Å². The fraction of sp³-hybridized carbons (Fsp3) is 0.529. The molecule has 0 spiro atoms. The first-order valence-corrected chi connectivity index (χ1v) is 8.22. The number of piperidine rings is 1. The fourth-order valence-electron chi connectivity index (χ4n) is 2.76. The molecule has 5 nitrogen and oxygen atoms in total. The highest BCUT2D eigenvalue weighted by Gasteiger charge is 2.18. The number of benzene rings is 1. The van der Waals surface area contributed by atoms with Crippen LogP contribution in [0.4, 0.5) is 14.5 Å². The van der Waals surface area contributed by atoms with Gasteiger partial charge in [0.2, 0.25) is 0 Å². The van der Waals surface area contributed by atoms with Gasteiger partial charge in [0, 0.05) is 19.2 Å². The monoisotopic (exact) mass is 339 g/mol. The molecule has 2 amide bonds. The lowest BCUT2D eigenvalue weighted by atomic mass is 10.1. The van der Waals surface area contributed by atoms with Gasteiger partial charge in [0.1, 0.15) is 11.6 Å². The van der Waals surface area contributed by atoms with E-state index < -0.39 is 23.4 Å². The average Bonchev–Trinajstić information content (AvgIpc) is 2.56. The number of nitrogens with zero attached hydrogens (tertiary/aromatic N) is 1. The van der Waals surface area contributed by atoms with E-state index in [1.54, 1.807) is 0 Å². The minimum Gasteiger partial charge on any atom is -0.348 e. The third kappa shape index (κ3) is 5.56. The lowest BCUT2D eigenvalue weighted by molar-refractivity contribution is -0.136. The van der Waals surface area contributed by atoms with Gasteiger partial charge in [-0.25, -0.2) is 8.78 Å². The van der Waals surface area contributed by atoms with Crippen molar-refractivity contribution in [2.45, 2.75) is 26.2 Å². The first kappa shape index (κ1) is 18.3. The molecular formula is C17H23F2N3O2. The molecule has 2 N–H and O–H groups in total. The van der Waals surface area contributed by atoms with Gasteiger partial charge in [0.05, 0.1) is 5.69 Å². The molecule has 24 heavy (non-hydrogen) atoms. The number of likely N-dealkylation sites (tertiary alicyclic amines) is 1. The predicted molar refractivity (Wildman–Crippen MR) is 87.5 cm³/mol. The normalized spacial score (nSPS) is 16.5.